The first kappa shape index (κ1) is 12.7. The molecule has 1 aromatic carbocycles. The average Bonchev–Trinajstić information content (AvgIpc) is 2.67. The second-order valence-electron chi connectivity index (χ2n) is 4.15. The van der Waals surface area contributed by atoms with Gasteiger partial charge in [0.2, 0.25) is 0 Å². The fourth-order valence-electron chi connectivity index (χ4n) is 1.89. The highest BCUT2D eigenvalue weighted by Gasteiger charge is 2.14. The fraction of sp³-hybridized carbons (Fsp3) is 0.308. The van der Waals surface area contributed by atoms with E-state index in [4.69, 9.17) is 0 Å². The van der Waals surface area contributed by atoms with Crippen LogP contribution >= 0.6 is 0 Å². The number of benzene rings is 1. The molecule has 0 atom stereocenters. The van der Waals surface area contributed by atoms with Crippen LogP contribution in [0.15, 0.2) is 24.4 Å². The van der Waals surface area contributed by atoms with Gasteiger partial charge in [-0.15, -0.1) is 0 Å². The number of nitrogens with one attached hydrogen (secondary N) is 1. The van der Waals surface area contributed by atoms with Crippen LogP contribution in [0, 0.1) is 11.6 Å². The molecule has 0 amide bonds. The maximum Gasteiger partial charge on any atom is 0.135 e. The third kappa shape index (κ3) is 2.56. The Morgan fingerprint density at radius 2 is 2.11 bits per heavy atom. The van der Waals surface area contributed by atoms with Crippen LogP contribution in [0.25, 0.3) is 11.3 Å². The third-order valence-electron chi connectivity index (χ3n) is 2.74. The van der Waals surface area contributed by atoms with E-state index < -0.39 is 11.6 Å². The number of likely N-dealkylation sites (N-methyl/N-ethyl adjacent to an activating group) is 1. The Kier molecular flexibility index (Phi) is 3.72. The van der Waals surface area contributed by atoms with E-state index in [2.05, 4.69) is 10.4 Å². The molecule has 96 valence electrons. The van der Waals surface area contributed by atoms with E-state index in [-0.39, 0.29) is 0 Å². The largest absolute Gasteiger partial charge is 0.319 e. The highest BCUT2D eigenvalue weighted by atomic mass is 19.1. The standard InChI is InChI=1S/C13H15F2N3/c1-16-6-5-9-8-18(2)17-13(9)11-4-3-10(14)7-12(11)15/h3-4,7-8,16H,5-6H2,1-2H3. The second kappa shape index (κ2) is 5.27. The molecule has 0 bridgehead atoms. The number of hydrogen-bond donors (Lipinski definition) is 1. The van der Waals surface area contributed by atoms with Crippen molar-refractivity contribution >= 4 is 0 Å². The molecule has 0 aliphatic heterocycles. The number of nitrogens with zero attached hydrogens (tertiary/aromatic N) is 2. The van der Waals surface area contributed by atoms with Gasteiger partial charge in [0.25, 0.3) is 0 Å². The molecule has 0 saturated carbocycles. The summed E-state index contributed by atoms with van der Waals surface area (Å²) in [6.45, 7) is 0.779. The van der Waals surface area contributed by atoms with Gasteiger partial charge in [0.15, 0.2) is 0 Å². The summed E-state index contributed by atoms with van der Waals surface area (Å²) < 4.78 is 28.3. The van der Waals surface area contributed by atoms with Crippen LogP contribution in [-0.2, 0) is 13.5 Å². The van der Waals surface area contributed by atoms with Crippen molar-refractivity contribution in [1.29, 1.82) is 0 Å². The molecular formula is C13H15F2N3. The van der Waals surface area contributed by atoms with Crippen LogP contribution in [-0.4, -0.2) is 23.4 Å². The van der Waals surface area contributed by atoms with Gasteiger partial charge in [0.05, 0.1) is 5.69 Å². The monoisotopic (exact) mass is 251 g/mol. The van der Waals surface area contributed by atoms with Gasteiger partial charge in [0, 0.05) is 24.9 Å². The van der Waals surface area contributed by atoms with Crippen LogP contribution in [0.3, 0.4) is 0 Å². The molecular weight excluding hydrogens is 236 g/mol. The minimum absolute atomic E-state index is 0.336. The van der Waals surface area contributed by atoms with Crippen LogP contribution in [0.5, 0.6) is 0 Å². The van der Waals surface area contributed by atoms with Gasteiger partial charge < -0.3 is 5.32 Å². The summed E-state index contributed by atoms with van der Waals surface area (Å²) in [5.74, 6) is -1.16. The fourth-order valence-corrected chi connectivity index (χ4v) is 1.89. The normalized spacial score (nSPS) is 10.9. The Balaban J connectivity index is 2.42. The summed E-state index contributed by atoms with van der Waals surface area (Å²) >= 11 is 0. The minimum Gasteiger partial charge on any atom is -0.319 e. The topological polar surface area (TPSA) is 29.9 Å². The predicted molar refractivity (Wildman–Crippen MR) is 66.2 cm³/mol. The van der Waals surface area contributed by atoms with E-state index in [0.717, 1.165) is 24.6 Å². The van der Waals surface area contributed by atoms with Crippen molar-refractivity contribution in [1.82, 2.24) is 15.1 Å². The van der Waals surface area contributed by atoms with Gasteiger partial charge in [-0.25, -0.2) is 8.78 Å². The van der Waals surface area contributed by atoms with Gasteiger partial charge >= 0.3 is 0 Å². The number of halogens is 2. The summed E-state index contributed by atoms with van der Waals surface area (Å²) in [5, 5.41) is 7.29. The van der Waals surface area contributed by atoms with Crippen molar-refractivity contribution in [3.63, 3.8) is 0 Å². The minimum atomic E-state index is -0.584. The van der Waals surface area contributed by atoms with E-state index >= 15 is 0 Å². The Morgan fingerprint density at radius 3 is 2.78 bits per heavy atom. The number of aromatic nitrogens is 2. The maximum absolute atomic E-state index is 13.7. The molecule has 0 spiro atoms. The van der Waals surface area contributed by atoms with Crippen molar-refractivity contribution in [3.8, 4) is 11.3 Å². The summed E-state index contributed by atoms with van der Waals surface area (Å²) in [4.78, 5) is 0. The van der Waals surface area contributed by atoms with Gasteiger partial charge in [-0.05, 0) is 37.7 Å². The molecule has 1 heterocycles. The molecule has 2 aromatic rings. The van der Waals surface area contributed by atoms with Crippen LogP contribution in [0.2, 0.25) is 0 Å². The number of rotatable bonds is 4. The Labute approximate surface area is 104 Å². The van der Waals surface area contributed by atoms with Crippen molar-refractivity contribution < 1.29 is 8.78 Å². The zero-order chi connectivity index (χ0) is 13.1. The molecule has 0 saturated heterocycles. The smallest absolute Gasteiger partial charge is 0.135 e. The van der Waals surface area contributed by atoms with Crippen molar-refractivity contribution in [2.75, 3.05) is 13.6 Å². The molecule has 0 unspecified atom stereocenters. The van der Waals surface area contributed by atoms with E-state index in [9.17, 15) is 8.78 Å². The summed E-state index contributed by atoms with van der Waals surface area (Å²) in [6.07, 6.45) is 2.60. The van der Waals surface area contributed by atoms with Crippen molar-refractivity contribution in [2.45, 2.75) is 6.42 Å². The van der Waals surface area contributed by atoms with Crippen LogP contribution in [0.4, 0.5) is 8.78 Å². The zero-order valence-electron chi connectivity index (χ0n) is 10.4. The summed E-state index contributed by atoms with van der Waals surface area (Å²) in [7, 11) is 3.64. The van der Waals surface area contributed by atoms with E-state index in [1.54, 1.807) is 11.7 Å². The van der Waals surface area contributed by atoms with Crippen molar-refractivity contribution in [3.05, 3.63) is 41.6 Å². The summed E-state index contributed by atoms with van der Waals surface area (Å²) in [5.41, 5.74) is 1.85. The molecule has 0 fully saturated rings. The van der Waals surface area contributed by atoms with Gasteiger partial charge in [0.1, 0.15) is 11.6 Å². The first-order valence-electron chi connectivity index (χ1n) is 5.74. The third-order valence-corrected chi connectivity index (χ3v) is 2.74. The molecule has 0 aliphatic carbocycles. The van der Waals surface area contributed by atoms with Gasteiger partial charge in [-0.3, -0.25) is 4.68 Å². The molecule has 0 radical (unpaired) electrons. The first-order chi connectivity index (χ1) is 8.61. The molecule has 0 aliphatic rings. The highest BCUT2D eigenvalue weighted by Crippen LogP contribution is 2.25. The number of hydrogen-bond acceptors (Lipinski definition) is 2. The van der Waals surface area contributed by atoms with Crippen LogP contribution < -0.4 is 5.32 Å². The maximum atomic E-state index is 13.7. The predicted octanol–water partition coefficient (Wildman–Crippen LogP) is 2.13. The zero-order valence-corrected chi connectivity index (χ0v) is 10.4. The van der Waals surface area contributed by atoms with E-state index in [1.807, 2.05) is 13.2 Å². The Hall–Kier alpha value is -1.75. The quantitative estimate of drug-likeness (QED) is 0.902. The average molecular weight is 251 g/mol. The van der Waals surface area contributed by atoms with E-state index in [0.29, 0.717) is 11.3 Å². The molecule has 1 aromatic heterocycles. The van der Waals surface area contributed by atoms with Crippen LogP contribution in [0.1, 0.15) is 5.56 Å². The second-order valence-corrected chi connectivity index (χ2v) is 4.15. The lowest BCUT2D eigenvalue weighted by molar-refractivity contribution is 0.585. The Morgan fingerprint density at radius 1 is 1.33 bits per heavy atom. The van der Waals surface area contributed by atoms with E-state index in [1.165, 1.54) is 12.1 Å². The summed E-state index contributed by atoms with van der Waals surface area (Å²) in [6, 6.07) is 3.55. The lowest BCUT2D eigenvalue weighted by Crippen LogP contribution is -2.10. The molecule has 2 rings (SSSR count). The SMILES string of the molecule is CNCCc1cn(C)nc1-c1ccc(F)cc1F. The van der Waals surface area contributed by atoms with Gasteiger partial charge in [-0.1, -0.05) is 0 Å². The molecule has 3 nitrogen and oxygen atoms in total. The lowest BCUT2D eigenvalue weighted by atomic mass is 10.1. The molecule has 1 N–H and O–H groups in total. The Bertz CT molecular complexity index is 549. The molecule has 5 heteroatoms. The number of aryl methyl sites for hydroxylation is 1. The van der Waals surface area contributed by atoms with Crippen molar-refractivity contribution in [2.24, 2.45) is 7.05 Å². The molecule has 18 heavy (non-hydrogen) atoms. The lowest BCUT2D eigenvalue weighted by Gasteiger charge is -2.03. The van der Waals surface area contributed by atoms with Gasteiger partial charge in [-0.2, -0.15) is 5.10 Å². The highest BCUT2D eigenvalue weighted by molar-refractivity contribution is 5.63. The first-order valence-corrected chi connectivity index (χ1v) is 5.74.